The van der Waals surface area contributed by atoms with Crippen LogP contribution in [0.1, 0.15) is 23.8 Å². The molecule has 0 bridgehead atoms. The summed E-state index contributed by atoms with van der Waals surface area (Å²) in [6.45, 7) is 2.15. The van der Waals surface area contributed by atoms with Crippen molar-refractivity contribution in [1.29, 1.82) is 0 Å². The van der Waals surface area contributed by atoms with E-state index in [0.717, 1.165) is 0 Å². The van der Waals surface area contributed by atoms with E-state index in [4.69, 9.17) is 0 Å². The van der Waals surface area contributed by atoms with Crippen molar-refractivity contribution in [2.24, 2.45) is 0 Å². The SMILES string of the molecule is CCN(C(=O)c1nc(=O)[nH]c2ccccc12)C1CCS(=O)(=O)C1. The van der Waals surface area contributed by atoms with Gasteiger partial charge in [0, 0.05) is 18.0 Å². The first-order chi connectivity index (χ1) is 10.9. The molecule has 7 nitrogen and oxygen atoms in total. The monoisotopic (exact) mass is 335 g/mol. The number of amides is 1. The molecule has 2 heterocycles. The van der Waals surface area contributed by atoms with Gasteiger partial charge in [0.2, 0.25) is 0 Å². The summed E-state index contributed by atoms with van der Waals surface area (Å²) in [5, 5.41) is 0.552. The molecule has 1 saturated heterocycles. The lowest BCUT2D eigenvalue weighted by atomic mass is 10.1. The Kier molecular flexibility index (Phi) is 3.93. The molecular weight excluding hydrogens is 318 g/mol. The van der Waals surface area contributed by atoms with E-state index in [2.05, 4.69) is 9.97 Å². The van der Waals surface area contributed by atoms with Crippen LogP contribution in [0.2, 0.25) is 0 Å². The van der Waals surface area contributed by atoms with Crippen molar-refractivity contribution in [1.82, 2.24) is 14.9 Å². The van der Waals surface area contributed by atoms with Crippen LogP contribution in [0.25, 0.3) is 10.9 Å². The molecule has 1 amide bonds. The summed E-state index contributed by atoms with van der Waals surface area (Å²) >= 11 is 0. The number of fused-ring (bicyclic) bond motifs is 1. The number of hydrogen-bond acceptors (Lipinski definition) is 5. The van der Waals surface area contributed by atoms with E-state index in [1.54, 1.807) is 31.2 Å². The van der Waals surface area contributed by atoms with Gasteiger partial charge in [0.15, 0.2) is 9.84 Å². The first kappa shape index (κ1) is 15.7. The van der Waals surface area contributed by atoms with Crippen LogP contribution in [0.15, 0.2) is 29.1 Å². The van der Waals surface area contributed by atoms with Crippen LogP contribution in [0.4, 0.5) is 0 Å². The largest absolute Gasteiger partial charge is 0.346 e. The normalized spacial score (nSPS) is 19.8. The van der Waals surface area contributed by atoms with E-state index in [1.807, 2.05) is 0 Å². The van der Waals surface area contributed by atoms with Crippen LogP contribution in [0.5, 0.6) is 0 Å². The highest BCUT2D eigenvalue weighted by Crippen LogP contribution is 2.21. The molecule has 3 rings (SSSR count). The maximum atomic E-state index is 12.9. The number of rotatable bonds is 3. The van der Waals surface area contributed by atoms with Gasteiger partial charge in [-0.3, -0.25) is 4.79 Å². The van der Waals surface area contributed by atoms with Crippen LogP contribution >= 0.6 is 0 Å². The highest BCUT2D eigenvalue weighted by molar-refractivity contribution is 7.91. The maximum absolute atomic E-state index is 12.9. The Balaban J connectivity index is 2.04. The third-order valence-corrected chi connectivity index (χ3v) is 5.84. The van der Waals surface area contributed by atoms with E-state index in [-0.39, 0.29) is 23.2 Å². The first-order valence-corrected chi connectivity index (χ1v) is 9.24. The molecule has 8 heteroatoms. The van der Waals surface area contributed by atoms with Gasteiger partial charge in [0.05, 0.1) is 17.0 Å². The number of benzene rings is 1. The lowest BCUT2D eigenvalue weighted by Crippen LogP contribution is -2.42. The number of nitrogens with one attached hydrogen (secondary N) is 1. The van der Waals surface area contributed by atoms with Crippen molar-refractivity contribution in [3.8, 4) is 0 Å². The Morgan fingerprint density at radius 1 is 1.39 bits per heavy atom. The second-order valence-corrected chi connectivity index (χ2v) is 7.81. The molecule has 2 aromatic rings. The zero-order chi connectivity index (χ0) is 16.6. The number of carbonyl (C=O) groups is 1. The molecule has 0 radical (unpaired) electrons. The lowest BCUT2D eigenvalue weighted by molar-refractivity contribution is 0.0704. The molecule has 23 heavy (non-hydrogen) atoms. The topological polar surface area (TPSA) is 100 Å². The highest BCUT2D eigenvalue weighted by Gasteiger charge is 2.35. The van der Waals surface area contributed by atoms with Gasteiger partial charge in [-0.05, 0) is 19.4 Å². The van der Waals surface area contributed by atoms with Crippen LogP contribution in [0.3, 0.4) is 0 Å². The molecule has 0 aliphatic carbocycles. The zero-order valence-electron chi connectivity index (χ0n) is 12.7. The van der Waals surface area contributed by atoms with Gasteiger partial charge >= 0.3 is 5.69 Å². The first-order valence-electron chi connectivity index (χ1n) is 7.42. The fourth-order valence-corrected chi connectivity index (χ4v) is 4.72. The van der Waals surface area contributed by atoms with Crippen LogP contribution in [-0.4, -0.2) is 53.3 Å². The molecule has 1 aromatic heterocycles. The van der Waals surface area contributed by atoms with Crippen molar-refractivity contribution in [2.45, 2.75) is 19.4 Å². The lowest BCUT2D eigenvalue weighted by Gasteiger charge is -2.26. The van der Waals surface area contributed by atoms with E-state index in [9.17, 15) is 18.0 Å². The van der Waals surface area contributed by atoms with Gasteiger partial charge in [-0.2, -0.15) is 4.98 Å². The molecule has 0 spiro atoms. The second kappa shape index (κ2) is 5.77. The Bertz CT molecular complexity index is 920. The molecule has 122 valence electrons. The fourth-order valence-electron chi connectivity index (χ4n) is 2.99. The minimum Gasteiger partial charge on any atom is -0.334 e. The smallest absolute Gasteiger partial charge is 0.334 e. The van der Waals surface area contributed by atoms with Crippen LogP contribution < -0.4 is 5.69 Å². The van der Waals surface area contributed by atoms with Crippen molar-refractivity contribution < 1.29 is 13.2 Å². The summed E-state index contributed by atoms with van der Waals surface area (Å²) in [4.78, 5) is 32.5. The van der Waals surface area contributed by atoms with Gasteiger partial charge < -0.3 is 9.88 Å². The van der Waals surface area contributed by atoms with E-state index < -0.39 is 21.4 Å². The van der Waals surface area contributed by atoms with Crippen LogP contribution in [-0.2, 0) is 9.84 Å². The predicted octanol–water partition coefficient (Wildman–Crippen LogP) is 0.572. The van der Waals surface area contributed by atoms with Gasteiger partial charge in [-0.25, -0.2) is 13.2 Å². The minimum atomic E-state index is -3.10. The van der Waals surface area contributed by atoms with Crippen molar-refractivity contribution in [3.05, 3.63) is 40.4 Å². The van der Waals surface area contributed by atoms with Crippen LogP contribution in [0, 0.1) is 0 Å². The molecule has 1 atom stereocenters. The summed E-state index contributed by atoms with van der Waals surface area (Å²) in [7, 11) is -3.10. The van der Waals surface area contributed by atoms with Gasteiger partial charge in [-0.1, -0.05) is 18.2 Å². The minimum absolute atomic E-state index is 0.0340. The zero-order valence-corrected chi connectivity index (χ0v) is 13.5. The number of para-hydroxylation sites is 1. The quantitative estimate of drug-likeness (QED) is 0.884. The summed E-state index contributed by atoms with van der Waals surface area (Å²) < 4.78 is 23.4. The van der Waals surface area contributed by atoms with Gasteiger partial charge in [0.1, 0.15) is 5.69 Å². The number of sulfone groups is 1. The van der Waals surface area contributed by atoms with Gasteiger partial charge in [0.25, 0.3) is 5.91 Å². The van der Waals surface area contributed by atoms with Gasteiger partial charge in [-0.15, -0.1) is 0 Å². The maximum Gasteiger partial charge on any atom is 0.346 e. The summed E-state index contributed by atoms with van der Waals surface area (Å²) in [6.07, 6.45) is 0.420. The third-order valence-electron chi connectivity index (χ3n) is 4.09. The molecule has 1 N–H and O–H groups in total. The number of H-pyrrole nitrogens is 1. The Hall–Kier alpha value is -2.22. The molecule has 1 fully saturated rings. The average molecular weight is 335 g/mol. The molecular formula is C15H17N3O4S. The van der Waals surface area contributed by atoms with Crippen molar-refractivity contribution >= 4 is 26.6 Å². The molecule has 1 aliphatic rings. The van der Waals surface area contributed by atoms with E-state index in [0.29, 0.717) is 23.9 Å². The summed E-state index contributed by atoms with van der Waals surface area (Å²) in [6, 6.07) is 6.57. The molecule has 1 unspecified atom stereocenters. The van der Waals surface area contributed by atoms with E-state index in [1.165, 1.54) is 4.90 Å². The Morgan fingerprint density at radius 2 is 2.13 bits per heavy atom. The van der Waals surface area contributed by atoms with Crippen molar-refractivity contribution in [3.63, 3.8) is 0 Å². The fraction of sp³-hybridized carbons (Fsp3) is 0.400. The van der Waals surface area contributed by atoms with E-state index >= 15 is 0 Å². The highest BCUT2D eigenvalue weighted by atomic mass is 32.2. The van der Waals surface area contributed by atoms with Crippen molar-refractivity contribution in [2.75, 3.05) is 18.1 Å². The number of hydrogen-bond donors (Lipinski definition) is 1. The molecule has 1 aromatic carbocycles. The molecule has 0 saturated carbocycles. The summed E-state index contributed by atoms with van der Waals surface area (Å²) in [5.41, 5.74) is 0.00333. The Labute approximate surface area is 133 Å². The predicted molar refractivity (Wildman–Crippen MR) is 86.1 cm³/mol. The number of aromatic nitrogens is 2. The third kappa shape index (κ3) is 2.98. The second-order valence-electron chi connectivity index (χ2n) is 5.58. The average Bonchev–Trinajstić information content (AvgIpc) is 2.86. The summed E-state index contributed by atoms with van der Waals surface area (Å²) in [5.74, 6) is -0.351. The number of aromatic amines is 1. The molecule has 1 aliphatic heterocycles. The number of nitrogens with zero attached hydrogens (tertiary/aromatic N) is 2. The standard InChI is InChI=1S/C15H17N3O4S/c1-2-18(10-7-8-23(21,22)9-10)14(19)13-11-5-3-4-6-12(11)16-15(20)17-13/h3-6,10H,2,7-9H2,1H3,(H,16,17,20). The Morgan fingerprint density at radius 3 is 2.78 bits per heavy atom. The number of carbonyl (C=O) groups excluding carboxylic acids is 1.